The third-order valence-corrected chi connectivity index (χ3v) is 4.71. The number of esters is 1. The first-order valence-electron chi connectivity index (χ1n) is 7.75. The minimum atomic E-state index is -0.657. The zero-order chi connectivity index (χ0) is 14.5. The average Bonchev–Trinajstić information content (AvgIpc) is 2.48. The van der Waals surface area contributed by atoms with Crippen LogP contribution in [0.4, 0.5) is 0 Å². The molecular formula is C15H25NO4. The van der Waals surface area contributed by atoms with E-state index in [0.717, 1.165) is 51.6 Å². The standard InChI is InChI=1S/C15H25NO4/c1-2-20-15(19)12-3-5-13(6-4-12)16-9-7-11(8-10-16)14(17)18/h11-13H,2-10H2,1H3,(H,17,18). The Morgan fingerprint density at radius 2 is 1.65 bits per heavy atom. The van der Waals surface area contributed by atoms with Gasteiger partial charge in [0, 0.05) is 6.04 Å². The molecule has 114 valence electrons. The monoisotopic (exact) mass is 283 g/mol. The van der Waals surface area contributed by atoms with E-state index in [1.807, 2.05) is 6.92 Å². The molecule has 0 bridgehead atoms. The lowest BCUT2D eigenvalue weighted by Crippen LogP contribution is -2.44. The molecular weight excluding hydrogens is 258 g/mol. The molecule has 5 heteroatoms. The molecule has 2 fully saturated rings. The third-order valence-electron chi connectivity index (χ3n) is 4.71. The van der Waals surface area contributed by atoms with Gasteiger partial charge in [0.25, 0.3) is 0 Å². The lowest BCUT2D eigenvalue weighted by Gasteiger charge is -2.39. The molecule has 2 rings (SSSR count). The van der Waals surface area contributed by atoms with Gasteiger partial charge < -0.3 is 14.7 Å². The molecule has 1 saturated carbocycles. The van der Waals surface area contributed by atoms with E-state index in [4.69, 9.17) is 9.84 Å². The van der Waals surface area contributed by atoms with Gasteiger partial charge in [-0.3, -0.25) is 9.59 Å². The Hall–Kier alpha value is -1.10. The van der Waals surface area contributed by atoms with Gasteiger partial charge in [-0.25, -0.2) is 0 Å². The van der Waals surface area contributed by atoms with Crippen molar-refractivity contribution in [2.24, 2.45) is 11.8 Å². The van der Waals surface area contributed by atoms with Crippen LogP contribution in [0.1, 0.15) is 45.4 Å². The smallest absolute Gasteiger partial charge is 0.308 e. The molecule has 1 aliphatic carbocycles. The summed E-state index contributed by atoms with van der Waals surface area (Å²) in [5.74, 6) is -0.795. The minimum Gasteiger partial charge on any atom is -0.481 e. The summed E-state index contributed by atoms with van der Waals surface area (Å²) in [7, 11) is 0. The summed E-state index contributed by atoms with van der Waals surface area (Å²) in [6.07, 6.45) is 5.38. The van der Waals surface area contributed by atoms with Crippen molar-refractivity contribution in [3.63, 3.8) is 0 Å². The fourth-order valence-electron chi connectivity index (χ4n) is 3.45. The van der Waals surface area contributed by atoms with Crippen LogP contribution in [0.15, 0.2) is 0 Å². The molecule has 1 heterocycles. The van der Waals surface area contributed by atoms with E-state index in [9.17, 15) is 9.59 Å². The van der Waals surface area contributed by atoms with Crippen LogP contribution in [-0.2, 0) is 14.3 Å². The highest BCUT2D eigenvalue weighted by Gasteiger charge is 2.33. The van der Waals surface area contributed by atoms with Gasteiger partial charge >= 0.3 is 11.9 Å². The van der Waals surface area contributed by atoms with E-state index in [0.29, 0.717) is 12.6 Å². The van der Waals surface area contributed by atoms with Crippen LogP contribution in [0.25, 0.3) is 0 Å². The van der Waals surface area contributed by atoms with Gasteiger partial charge in [0.1, 0.15) is 0 Å². The fraction of sp³-hybridized carbons (Fsp3) is 0.867. The Morgan fingerprint density at radius 3 is 2.15 bits per heavy atom. The van der Waals surface area contributed by atoms with Crippen LogP contribution in [0.5, 0.6) is 0 Å². The van der Waals surface area contributed by atoms with E-state index in [2.05, 4.69) is 4.90 Å². The molecule has 0 aromatic rings. The molecule has 5 nitrogen and oxygen atoms in total. The Morgan fingerprint density at radius 1 is 1.05 bits per heavy atom. The number of piperidine rings is 1. The van der Waals surface area contributed by atoms with E-state index < -0.39 is 5.97 Å². The van der Waals surface area contributed by atoms with Crippen molar-refractivity contribution in [2.75, 3.05) is 19.7 Å². The summed E-state index contributed by atoms with van der Waals surface area (Å²) in [5, 5.41) is 9.01. The van der Waals surface area contributed by atoms with Crippen LogP contribution < -0.4 is 0 Å². The molecule has 0 unspecified atom stereocenters. The molecule has 1 N–H and O–H groups in total. The second-order valence-electron chi connectivity index (χ2n) is 5.91. The number of carboxylic acid groups (broad SMARTS) is 1. The minimum absolute atomic E-state index is 0.0458. The van der Waals surface area contributed by atoms with Crippen molar-refractivity contribution in [1.29, 1.82) is 0 Å². The quantitative estimate of drug-likeness (QED) is 0.798. The number of nitrogens with zero attached hydrogens (tertiary/aromatic N) is 1. The average molecular weight is 283 g/mol. The van der Waals surface area contributed by atoms with Crippen LogP contribution >= 0.6 is 0 Å². The van der Waals surface area contributed by atoms with E-state index >= 15 is 0 Å². The Bertz CT molecular complexity index is 342. The van der Waals surface area contributed by atoms with Gasteiger partial charge in [-0.15, -0.1) is 0 Å². The Balaban J connectivity index is 1.75. The lowest BCUT2D eigenvalue weighted by molar-refractivity contribution is -0.150. The number of likely N-dealkylation sites (tertiary alicyclic amines) is 1. The second-order valence-corrected chi connectivity index (χ2v) is 5.91. The number of rotatable bonds is 4. The highest BCUT2D eigenvalue weighted by atomic mass is 16.5. The molecule has 0 aromatic carbocycles. The van der Waals surface area contributed by atoms with Crippen LogP contribution in [-0.4, -0.2) is 47.7 Å². The SMILES string of the molecule is CCOC(=O)C1CCC(N2CCC(C(=O)O)CC2)CC1. The predicted molar refractivity (Wildman–Crippen MR) is 74.3 cm³/mol. The molecule has 0 spiro atoms. The zero-order valence-corrected chi connectivity index (χ0v) is 12.2. The van der Waals surface area contributed by atoms with Crippen molar-refractivity contribution in [2.45, 2.75) is 51.5 Å². The number of ether oxygens (including phenoxy) is 1. The number of hydrogen-bond acceptors (Lipinski definition) is 4. The van der Waals surface area contributed by atoms with E-state index in [1.54, 1.807) is 0 Å². The number of aliphatic carboxylic acids is 1. The van der Waals surface area contributed by atoms with Gasteiger partial charge in [-0.1, -0.05) is 0 Å². The van der Waals surface area contributed by atoms with Crippen LogP contribution in [0.2, 0.25) is 0 Å². The molecule has 2 aliphatic rings. The fourth-order valence-corrected chi connectivity index (χ4v) is 3.45. The Kier molecular flexibility index (Phi) is 5.40. The number of hydrogen-bond donors (Lipinski definition) is 1. The topological polar surface area (TPSA) is 66.8 Å². The lowest BCUT2D eigenvalue weighted by atomic mass is 9.84. The van der Waals surface area contributed by atoms with Gasteiger partial charge in [0.2, 0.25) is 0 Å². The normalized spacial score (nSPS) is 29.1. The maximum atomic E-state index is 11.7. The number of carbonyl (C=O) groups is 2. The highest BCUT2D eigenvalue weighted by molar-refractivity contribution is 5.72. The van der Waals surface area contributed by atoms with Crippen LogP contribution in [0.3, 0.4) is 0 Å². The highest BCUT2D eigenvalue weighted by Crippen LogP contribution is 2.31. The zero-order valence-electron chi connectivity index (χ0n) is 12.2. The third kappa shape index (κ3) is 3.72. The van der Waals surface area contributed by atoms with E-state index in [1.165, 1.54) is 0 Å². The van der Waals surface area contributed by atoms with Crippen molar-refractivity contribution in [3.8, 4) is 0 Å². The first-order chi connectivity index (χ1) is 9.61. The van der Waals surface area contributed by atoms with Gasteiger partial charge in [0.15, 0.2) is 0 Å². The predicted octanol–water partition coefficient (Wildman–Crippen LogP) is 1.90. The van der Waals surface area contributed by atoms with E-state index in [-0.39, 0.29) is 17.8 Å². The number of carboxylic acids is 1. The summed E-state index contributed by atoms with van der Waals surface area (Å²) in [5.41, 5.74) is 0. The largest absolute Gasteiger partial charge is 0.481 e. The van der Waals surface area contributed by atoms with Gasteiger partial charge in [-0.05, 0) is 58.5 Å². The van der Waals surface area contributed by atoms with Crippen LogP contribution in [0, 0.1) is 11.8 Å². The van der Waals surface area contributed by atoms with Gasteiger partial charge in [0.05, 0.1) is 18.4 Å². The maximum Gasteiger partial charge on any atom is 0.308 e. The summed E-state index contributed by atoms with van der Waals surface area (Å²) < 4.78 is 5.08. The molecule has 0 amide bonds. The van der Waals surface area contributed by atoms with Crippen molar-refractivity contribution in [1.82, 2.24) is 4.90 Å². The number of carbonyl (C=O) groups excluding carboxylic acids is 1. The van der Waals surface area contributed by atoms with Gasteiger partial charge in [-0.2, -0.15) is 0 Å². The molecule has 20 heavy (non-hydrogen) atoms. The van der Waals surface area contributed by atoms with Crippen molar-refractivity contribution in [3.05, 3.63) is 0 Å². The van der Waals surface area contributed by atoms with Crippen molar-refractivity contribution >= 4 is 11.9 Å². The second kappa shape index (κ2) is 7.07. The molecule has 1 saturated heterocycles. The first-order valence-corrected chi connectivity index (χ1v) is 7.75. The molecule has 0 aromatic heterocycles. The molecule has 1 aliphatic heterocycles. The maximum absolute atomic E-state index is 11.7. The summed E-state index contributed by atoms with van der Waals surface area (Å²) in [4.78, 5) is 25.1. The Labute approximate surface area is 120 Å². The summed E-state index contributed by atoms with van der Waals surface area (Å²) >= 11 is 0. The summed E-state index contributed by atoms with van der Waals surface area (Å²) in [6.45, 7) is 4.06. The first kappa shape index (κ1) is 15.3. The molecule has 0 radical (unpaired) electrons. The van der Waals surface area contributed by atoms with Crippen molar-refractivity contribution < 1.29 is 19.4 Å². The summed E-state index contributed by atoms with van der Waals surface area (Å²) in [6, 6.07) is 0.524. The molecule has 0 atom stereocenters.